The van der Waals surface area contributed by atoms with E-state index in [1.807, 2.05) is 0 Å². The fourth-order valence-electron chi connectivity index (χ4n) is 17.4. The molecule has 2 aliphatic carbocycles. The summed E-state index contributed by atoms with van der Waals surface area (Å²) in [6.45, 7) is 9.54. The van der Waals surface area contributed by atoms with Gasteiger partial charge in [-0.2, -0.15) is 0 Å². The van der Waals surface area contributed by atoms with Gasteiger partial charge in [-0.25, -0.2) is 0 Å². The smallest absolute Gasteiger partial charge is 0.0165 e. The molecule has 18 aromatic carbocycles. The Labute approximate surface area is 547 Å². The van der Waals surface area contributed by atoms with Crippen molar-refractivity contribution >= 4 is 108 Å². The van der Waals surface area contributed by atoms with E-state index >= 15 is 0 Å². The lowest BCUT2D eigenvalue weighted by Crippen LogP contribution is -2.15. The maximum Gasteiger partial charge on any atom is 0.0165 e. The van der Waals surface area contributed by atoms with Crippen LogP contribution < -0.4 is 0 Å². The number of benzene rings is 18. The van der Waals surface area contributed by atoms with Gasteiger partial charge in [0.15, 0.2) is 0 Å². The van der Waals surface area contributed by atoms with E-state index in [9.17, 15) is 0 Å². The van der Waals surface area contributed by atoms with Gasteiger partial charge in [0.05, 0.1) is 0 Å². The van der Waals surface area contributed by atoms with Crippen LogP contribution in [0.4, 0.5) is 0 Å². The van der Waals surface area contributed by atoms with Gasteiger partial charge >= 0.3 is 0 Å². The second-order valence-electron chi connectivity index (χ2n) is 27.3. The highest BCUT2D eigenvalue weighted by atomic mass is 14.4. The van der Waals surface area contributed by atoms with Crippen molar-refractivity contribution < 1.29 is 0 Å². The molecule has 0 N–H and O–H groups in total. The van der Waals surface area contributed by atoms with Gasteiger partial charge in [0.1, 0.15) is 0 Å². The summed E-state index contributed by atoms with van der Waals surface area (Å²) >= 11 is 0. The quantitative estimate of drug-likeness (QED) is 0.122. The molecule has 0 radical (unpaired) electrons. The van der Waals surface area contributed by atoms with Crippen LogP contribution in [-0.2, 0) is 10.8 Å². The van der Waals surface area contributed by atoms with Gasteiger partial charge in [-0.05, 0) is 227 Å². The van der Waals surface area contributed by atoms with E-state index in [1.54, 1.807) is 0 Å². The van der Waals surface area contributed by atoms with Crippen molar-refractivity contribution in [1.29, 1.82) is 0 Å². The molecule has 0 nitrogen and oxygen atoms in total. The molecule has 0 atom stereocenters. The first-order valence-corrected chi connectivity index (χ1v) is 33.2. The van der Waals surface area contributed by atoms with Crippen molar-refractivity contribution in [3.63, 3.8) is 0 Å². The van der Waals surface area contributed by atoms with Crippen LogP contribution >= 0.6 is 0 Å². The van der Waals surface area contributed by atoms with E-state index in [-0.39, 0.29) is 10.8 Å². The number of rotatable bonds is 4. The molecule has 0 heteroatoms. The topological polar surface area (TPSA) is 0 Å². The Morgan fingerprint density at radius 1 is 0.170 bits per heavy atom. The predicted octanol–water partition coefficient (Wildman–Crippen LogP) is 26.2. The van der Waals surface area contributed by atoms with Gasteiger partial charge in [-0.3, -0.25) is 0 Å². The van der Waals surface area contributed by atoms with Crippen molar-refractivity contribution in [3.8, 4) is 66.8 Å². The average Bonchev–Trinajstić information content (AvgIpc) is 1.44. The molecule has 0 fully saturated rings. The molecule has 440 valence electrons. The monoisotopic (exact) mass is 1190 g/mol. The molecule has 0 saturated carbocycles. The Morgan fingerprint density at radius 3 is 0.979 bits per heavy atom. The first-order valence-electron chi connectivity index (χ1n) is 33.2. The van der Waals surface area contributed by atoms with E-state index in [0.29, 0.717) is 0 Å². The Hall–Kier alpha value is -11.4. The van der Waals surface area contributed by atoms with Crippen LogP contribution in [-0.4, -0.2) is 0 Å². The Morgan fingerprint density at radius 2 is 0.511 bits per heavy atom. The molecule has 0 amide bonds. The molecule has 0 spiro atoms. The van der Waals surface area contributed by atoms with Gasteiger partial charge in [0, 0.05) is 10.8 Å². The molecular formula is C94H64. The summed E-state index contributed by atoms with van der Waals surface area (Å²) in [6, 6.07) is 118. The van der Waals surface area contributed by atoms with E-state index in [0.717, 1.165) is 0 Å². The highest BCUT2D eigenvalue weighted by Crippen LogP contribution is 2.56. The molecule has 0 bridgehead atoms. The van der Waals surface area contributed by atoms with Crippen LogP contribution in [0.25, 0.3) is 174 Å². The molecule has 0 saturated heterocycles. The lowest BCUT2D eigenvalue weighted by molar-refractivity contribution is 0.666. The third kappa shape index (κ3) is 7.99. The Kier molecular flexibility index (Phi) is 11.9. The number of hydrogen-bond donors (Lipinski definition) is 0. The molecule has 94 heavy (non-hydrogen) atoms. The molecule has 20 rings (SSSR count). The van der Waals surface area contributed by atoms with Gasteiger partial charge < -0.3 is 0 Å². The second kappa shape index (κ2) is 20.5. The number of fused-ring (bicyclic) bond motifs is 19. The highest BCUT2D eigenvalue weighted by molar-refractivity contribution is 6.26. The van der Waals surface area contributed by atoms with Gasteiger partial charge in [-0.15, -0.1) is 0 Å². The van der Waals surface area contributed by atoms with Crippen LogP contribution in [0.1, 0.15) is 49.9 Å². The van der Waals surface area contributed by atoms with E-state index in [4.69, 9.17) is 0 Å². The van der Waals surface area contributed by atoms with Crippen molar-refractivity contribution in [2.24, 2.45) is 0 Å². The van der Waals surface area contributed by atoms with Crippen LogP contribution in [0.15, 0.2) is 315 Å². The SMILES string of the molecule is CC1(C)c2ccc(-c3c4ccccc4c(-c4ccc5ccccc5c4)c4ccccc34)cc2-c2ccc3ccccc3c21.CC1(C)c2ccc(-c3c4ccccc4c(-c4cccc5c4ccc4cc6ccccc6cc45)c4ccccc34)cc2-c2ccc3ccccc3c21. The zero-order valence-electron chi connectivity index (χ0n) is 53.0. The number of hydrogen-bond acceptors (Lipinski definition) is 0. The van der Waals surface area contributed by atoms with E-state index < -0.39 is 0 Å². The zero-order valence-corrected chi connectivity index (χ0v) is 53.0. The molecule has 0 unspecified atom stereocenters. The summed E-state index contributed by atoms with van der Waals surface area (Å²) in [6.07, 6.45) is 0. The lowest BCUT2D eigenvalue weighted by Gasteiger charge is -2.23. The van der Waals surface area contributed by atoms with Crippen LogP contribution in [0.3, 0.4) is 0 Å². The Balaban J connectivity index is 0.000000135. The maximum atomic E-state index is 2.47. The molecule has 0 aliphatic heterocycles. The zero-order chi connectivity index (χ0) is 62.6. The molecular weight excluding hydrogens is 1130 g/mol. The third-order valence-corrected chi connectivity index (χ3v) is 21.6. The van der Waals surface area contributed by atoms with Crippen LogP contribution in [0.5, 0.6) is 0 Å². The van der Waals surface area contributed by atoms with Gasteiger partial charge in [0.2, 0.25) is 0 Å². The van der Waals surface area contributed by atoms with Crippen molar-refractivity contribution in [2.45, 2.75) is 38.5 Å². The fourth-order valence-corrected chi connectivity index (χ4v) is 17.4. The van der Waals surface area contributed by atoms with Crippen molar-refractivity contribution in [3.05, 3.63) is 338 Å². The van der Waals surface area contributed by atoms with Crippen LogP contribution in [0.2, 0.25) is 0 Å². The normalized spacial score (nSPS) is 13.5. The second-order valence-corrected chi connectivity index (χ2v) is 27.3. The summed E-state index contributed by atoms with van der Waals surface area (Å²) in [7, 11) is 0. The molecule has 18 aromatic rings. The third-order valence-electron chi connectivity index (χ3n) is 21.6. The highest BCUT2D eigenvalue weighted by Gasteiger charge is 2.39. The van der Waals surface area contributed by atoms with Crippen molar-refractivity contribution in [2.75, 3.05) is 0 Å². The minimum atomic E-state index is -0.0805. The summed E-state index contributed by atoms with van der Waals surface area (Å²) < 4.78 is 0. The minimum Gasteiger partial charge on any atom is -0.0616 e. The maximum absolute atomic E-state index is 2.47. The summed E-state index contributed by atoms with van der Waals surface area (Å²) in [4.78, 5) is 0. The largest absolute Gasteiger partial charge is 0.0616 e. The molecule has 2 aliphatic rings. The summed E-state index contributed by atoms with van der Waals surface area (Å²) in [5.74, 6) is 0. The van der Waals surface area contributed by atoms with Gasteiger partial charge in [0.25, 0.3) is 0 Å². The molecule has 0 aromatic heterocycles. The molecule has 0 heterocycles. The predicted molar refractivity (Wildman–Crippen MR) is 405 cm³/mol. The summed E-state index contributed by atoms with van der Waals surface area (Å²) in [5.41, 5.74) is 21.3. The Bertz CT molecular complexity index is 6170. The fraction of sp³-hybridized carbons (Fsp3) is 0.0638. The van der Waals surface area contributed by atoms with E-state index in [1.165, 1.54) is 197 Å². The average molecular weight is 1190 g/mol. The first-order chi connectivity index (χ1) is 46.2. The summed E-state index contributed by atoms with van der Waals surface area (Å²) in [5, 5.41) is 25.9. The van der Waals surface area contributed by atoms with Crippen molar-refractivity contribution in [1.82, 2.24) is 0 Å². The van der Waals surface area contributed by atoms with E-state index in [2.05, 4.69) is 343 Å². The minimum absolute atomic E-state index is 0.0614. The first kappa shape index (κ1) is 54.3. The lowest BCUT2D eigenvalue weighted by atomic mass is 9.79. The standard InChI is InChI=1S/C51H34.C43H30/c1-51(2)47-27-24-35(30-46(47)44-26-22-31-12-5-6-15-36(31)50(44)51)48-40-16-7-9-18-42(40)49(43-19-10-8-17-41(43)48)39-21-11-20-37-38(39)25-23-34-28-32-13-3-4-14-33(32)29-45(34)37;1-43(2)39-24-22-31(26-38(39)37-23-21-28-12-5-6-14-32(28)42(37)43)41-35-17-9-7-15-33(35)40(34-16-8-10-18-36(34)41)30-20-19-27-11-3-4-13-29(27)25-30/h3-30H,1-2H3;3-26H,1-2H3. The van der Waals surface area contributed by atoms with Crippen LogP contribution in [0, 0.1) is 0 Å². The van der Waals surface area contributed by atoms with Gasteiger partial charge in [-0.1, -0.05) is 313 Å².